The van der Waals surface area contributed by atoms with Crippen LogP contribution in [0.15, 0.2) is 5.16 Å². The standard InChI is InChI=1S/C23H39NO2/c1-21(2,3)26-24-16-10-12-22(4)15(14-16)6-7-17-18-8-9-20(25)23(18,5)13-11-19(17)22/h15,17-20,25H,6-14H2,1-5H3/b24-16+/t15?,17-,18-,19-,20-,22-,23-/m0/s1. The van der Waals surface area contributed by atoms with E-state index >= 15 is 0 Å². The zero-order valence-corrected chi connectivity index (χ0v) is 17.6. The number of fused-ring (bicyclic) bond motifs is 5. The second-order valence-electron chi connectivity index (χ2n) is 11.4. The van der Waals surface area contributed by atoms with Crippen LogP contribution in [0.4, 0.5) is 0 Å². The fourth-order valence-electron chi connectivity index (χ4n) is 7.32. The van der Waals surface area contributed by atoms with Gasteiger partial charge in [-0.15, -0.1) is 0 Å². The summed E-state index contributed by atoms with van der Waals surface area (Å²) >= 11 is 0. The molecule has 1 N–H and O–H groups in total. The minimum Gasteiger partial charge on any atom is -0.393 e. The van der Waals surface area contributed by atoms with Gasteiger partial charge in [0.2, 0.25) is 0 Å². The lowest BCUT2D eigenvalue weighted by molar-refractivity contribution is -0.113. The minimum atomic E-state index is -0.192. The van der Waals surface area contributed by atoms with Crippen molar-refractivity contribution in [1.29, 1.82) is 0 Å². The Kier molecular flexibility index (Phi) is 4.49. The molecule has 0 radical (unpaired) electrons. The van der Waals surface area contributed by atoms with E-state index < -0.39 is 0 Å². The van der Waals surface area contributed by atoms with E-state index in [0.717, 1.165) is 42.9 Å². The van der Waals surface area contributed by atoms with Crippen molar-refractivity contribution in [2.75, 3.05) is 0 Å². The van der Waals surface area contributed by atoms with Crippen LogP contribution >= 0.6 is 0 Å². The molecule has 0 aromatic rings. The SMILES string of the molecule is CC(C)(C)O/N=C1\CC[C@@]2(C)C(CC[C@H]3[C@@H]4CC[C@H](O)[C@@]4(C)CC[C@@H]32)C1. The molecule has 0 spiro atoms. The van der Waals surface area contributed by atoms with Gasteiger partial charge in [0.1, 0.15) is 5.60 Å². The lowest BCUT2D eigenvalue weighted by Crippen LogP contribution is -2.54. The quantitative estimate of drug-likeness (QED) is 0.621. The van der Waals surface area contributed by atoms with Gasteiger partial charge in [0, 0.05) is 0 Å². The van der Waals surface area contributed by atoms with Crippen LogP contribution in [0.5, 0.6) is 0 Å². The second-order valence-corrected chi connectivity index (χ2v) is 11.4. The summed E-state index contributed by atoms with van der Waals surface area (Å²) in [7, 11) is 0. The summed E-state index contributed by atoms with van der Waals surface area (Å²) in [6.45, 7) is 11.2. The lowest BCUT2D eigenvalue weighted by atomic mass is 9.45. The maximum atomic E-state index is 10.6. The van der Waals surface area contributed by atoms with Crippen molar-refractivity contribution in [2.45, 2.75) is 104 Å². The summed E-state index contributed by atoms with van der Waals surface area (Å²) in [5.74, 6) is 3.23. The first-order valence-corrected chi connectivity index (χ1v) is 11.1. The summed E-state index contributed by atoms with van der Waals surface area (Å²) in [6, 6.07) is 0. The molecule has 1 unspecified atom stereocenters. The van der Waals surface area contributed by atoms with E-state index in [1.165, 1.54) is 44.2 Å². The van der Waals surface area contributed by atoms with Crippen LogP contribution in [0.1, 0.15) is 92.4 Å². The van der Waals surface area contributed by atoms with Gasteiger partial charge in [-0.1, -0.05) is 19.0 Å². The largest absolute Gasteiger partial charge is 0.393 e. The third-order valence-corrected chi connectivity index (χ3v) is 8.90. The Balaban J connectivity index is 1.51. The molecule has 0 heterocycles. The van der Waals surface area contributed by atoms with E-state index in [4.69, 9.17) is 4.84 Å². The number of aliphatic hydroxyl groups excluding tert-OH is 1. The van der Waals surface area contributed by atoms with Crippen LogP contribution in [0, 0.1) is 34.5 Å². The zero-order valence-electron chi connectivity index (χ0n) is 17.6. The number of hydrogen-bond donors (Lipinski definition) is 1. The molecule has 0 aliphatic heterocycles. The molecule has 26 heavy (non-hydrogen) atoms. The van der Waals surface area contributed by atoms with Crippen molar-refractivity contribution in [1.82, 2.24) is 0 Å². The summed E-state index contributed by atoms with van der Waals surface area (Å²) in [5, 5.41) is 15.1. The van der Waals surface area contributed by atoms with Crippen LogP contribution in [0.2, 0.25) is 0 Å². The number of oxime groups is 1. The summed E-state index contributed by atoms with van der Waals surface area (Å²) < 4.78 is 0. The van der Waals surface area contributed by atoms with Crippen LogP contribution in [0.3, 0.4) is 0 Å². The van der Waals surface area contributed by atoms with E-state index in [1.807, 2.05) is 0 Å². The second kappa shape index (κ2) is 6.22. The summed E-state index contributed by atoms with van der Waals surface area (Å²) in [5.41, 5.74) is 1.77. The van der Waals surface area contributed by atoms with Crippen LogP contribution in [-0.4, -0.2) is 22.5 Å². The highest BCUT2D eigenvalue weighted by molar-refractivity contribution is 5.85. The Morgan fingerprint density at radius 2 is 1.69 bits per heavy atom. The average molecular weight is 362 g/mol. The molecule has 4 aliphatic rings. The third kappa shape index (κ3) is 2.93. The van der Waals surface area contributed by atoms with Gasteiger partial charge in [0.15, 0.2) is 0 Å². The molecule has 0 aromatic heterocycles. The van der Waals surface area contributed by atoms with Crippen molar-refractivity contribution in [3.05, 3.63) is 0 Å². The minimum absolute atomic E-state index is 0.0568. The molecular formula is C23H39NO2. The highest BCUT2D eigenvalue weighted by atomic mass is 16.6. The normalized spacial score (nSPS) is 50.1. The Morgan fingerprint density at radius 3 is 2.42 bits per heavy atom. The molecule has 3 nitrogen and oxygen atoms in total. The van der Waals surface area contributed by atoms with Crippen molar-refractivity contribution in [2.24, 2.45) is 39.7 Å². The van der Waals surface area contributed by atoms with E-state index in [1.54, 1.807) is 0 Å². The van der Waals surface area contributed by atoms with Gasteiger partial charge < -0.3 is 9.94 Å². The zero-order chi connectivity index (χ0) is 18.7. The maximum Gasteiger partial charge on any atom is 0.129 e. The van der Waals surface area contributed by atoms with Gasteiger partial charge in [0.05, 0.1) is 11.8 Å². The first-order valence-electron chi connectivity index (χ1n) is 11.1. The van der Waals surface area contributed by atoms with Crippen LogP contribution in [-0.2, 0) is 4.84 Å². The van der Waals surface area contributed by atoms with Gasteiger partial charge in [-0.2, -0.15) is 0 Å². The first-order chi connectivity index (χ1) is 12.1. The number of rotatable bonds is 1. The van der Waals surface area contributed by atoms with Gasteiger partial charge >= 0.3 is 0 Å². The molecule has 0 bridgehead atoms. The van der Waals surface area contributed by atoms with Gasteiger partial charge in [-0.05, 0) is 113 Å². The van der Waals surface area contributed by atoms with Gasteiger partial charge in [-0.3, -0.25) is 0 Å². The monoisotopic (exact) mass is 361 g/mol. The molecule has 4 rings (SSSR count). The maximum absolute atomic E-state index is 10.6. The molecule has 4 aliphatic carbocycles. The number of aliphatic hydroxyl groups is 1. The molecule has 7 atom stereocenters. The predicted molar refractivity (Wildman–Crippen MR) is 106 cm³/mol. The Bertz CT molecular complexity index is 579. The first kappa shape index (κ1) is 18.8. The van der Waals surface area contributed by atoms with Crippen molar-refractivity contribution in [3.63, 3.8) is 0 Å². The smallest absolute Gasteiger partial charge is 0.129 e. The summed E-state index contributed by atoms with van der Waals surface area (Å²) in [4.78, 5) is 5.73. The highest BCUT2D eigenvalue weighted by Gasteiger charge is 2.59. The fraction of sp³-hybridized carbons (Fsp3) is 0.957. The molecule has 4 saturated carbocycles. The number of nitrogens with zero attached hydrogens (tertiary/aromatic N) is 1. The molecule has 3 heteroatoms. The van der Waals surface area contributed by atoms with E-state index in [9.17, 15) is 5.11 Å². The van der Waals surface area contributed by atoms with E-state index in [-0.39, 0.29) is 17.1 Å². The Labute approximate surface area is 160 Å². The molecular weight excluding hydrogens is 322 g/mol. The molecule has 0 aromatic carbocycles. The fourth-order valence-corrected chi connectivity index (χ4v) is 7.32. The molecule has 148 valence electrons. The van der Waals surface area contributed by atoms with Crippen molar-refractivity contribution >= 4 is 5.71 Å². The Hall–Kier alpha value is -0.570. The third-order valence-electron chi connectivity index (χ3n) is 8.90. The van der Waals surface area contributed by atoms with Crippen LogP contribution in [0.25, 0.3) is 0 Å². The number of hydrogen-bond acceptors (Lipinski definition) is 3. The lowest BCUT2D eigenvalue weighted by Gasteiger charge is -2.60. The average Bonchev–Trinajstić information content (AvgIpc) is 2.87. The van der Waals surface area contributed by atoms with E-state index in [2.05, 4.69) is 39.8 Å². The summed E-state index contributed by atoms with van der Waals surface area (Å²) in [6.07, 6.45) is 11.0. The van der Waals surface area contributed by atoms with Gasteiger partial charge in [-0.25, -0.2) is 0 Å². The van der Waals surface area contributed by atoms with Gasteiger partial charge in [0.25, 0.3) is 0 Å². The van der Waals surface area contributed by atoms with Crippen LogP contribution < -0.4 is 0 Å². The topological polar surface area (TPSA) is 41.8 Å². The predicted octanol–water partition coefficient (Wildman–Crippen LogP) is 5.56. The van der Waals surface area contributed by atoms with E-state index in [0.29, 0.717) is 5.41 Å². The Morgan fingerprint density at radius 1 is 0.962 bits per heavy atom. The van der Waals surface area contributed by atoms with Crippen molar-refractivity contribution in [3.8, 4) is 0 Å². The highest BCUT2D eigenvalue weighted by Crippen LogP contribution is 2.65. The molecule has 4 fully saturated rings. The molecule has 0 saturated heterocycles. The molecule has 0 amide bonds. The van der Waals surface area contributed by atoms with Crippen molar-refractivity contribution < 1.29 is 9.94 Å².